The molecule has 3 aromatic rings. The van der Waals surface area contributed by atoms with Gasteiger partial charge in [-0.15, -0.1) is 0 Å². The summed E-state index contributed by atoms with van der Waals surface area (Å²) in [6.45, 7) is 2.73. The Labute approximate surface area is 200 Å². The van der Waals surface area contributed by atoms with Crippen LogP contribution < -0.4 is 19.9 Å². The highest BCUT2D eigenvalue weighted by molar-refractivity contribution is 5.94. The van der Waals surface area contributed by atoms with Gasteiger partial charge >= 0.3 is 6.03 Å². The van der Waals surface area contributed by atoms with Crippen molar-refractivity contribution in [2.45, 2.75) is 6.42 Å². The molecule has 1 fully saturated rings. The summed E-state index contributed by atoms with van der Waals surface area (Å²) in [4.78, 5) is 31.1. The summed E-state index contributed by atoms with van der Waals surface area (Å²) in [6.07, 6.45) is 0.296. The molecule has 0 saturated carbocycles. The van der Waals surface area contributed by atoms with E-state index in [2.05, 4.69) is 10.2 Å². The minimum Gasteiger partial charge on any atom is -0.495 e. The van der Waals surface area contributed by atoms with Crippen molar-refractivity contribution in [3.05, 3.63) is 84.4 Å². The molecule has 1 aliphatic heterocycles. The number of piperazine rings is 1. The zero-order chi connectivity index (χ0) is 23.9. The maximum atomic E-state index is 12.8. The molecule has 1 aliphatic rings. The summed E-state index contributed by atoms with van der Waals surface area (Å²) < 4.78 is 5.46. The Morgan fingerprint density at radius 2 is 1.53 bits per heavy atom. The van der Waals surface area contributed by atoms with E-state index in [1.54, 1.807) is 19.1 Å². The second-order valence-electron chi connectivity index (χ2n) is 8.24. The van der Waals surface area contributed by atoms with Crippen LogP contribution in [0.15, 0.2) is 78.9 Å². The lowest BCUT2D eigenvalue weighted by atomic mass is 10.1. The summed E-state index contributed by atoms with van der Waals surface area (Å²) >= 11 is 0. The van der Waals surface area contributed by atoms with Crippen LogP contribution in [-0.2, 0) is 11.2 Å². The fourth-order valence-electron chi connectivity index (χ4n) is 4.04. The molecule has 1 N–H and O–H groups in total. The van der Waals surface area contributed by atoms with Crippen molar-refractivity contribution in [2.75, 3.05) is 55.5 Å². The van der Waals surface area contributed by atoms with Gasteiger partial charge in [0.2, 0.25) is 5.91 Å². The third-order valence-corrected chi connectivity index (χ3v) is 6.07. The maximum Gasteiger partial charge on any atom is 0.321 e. The highest BCUT2D eigenvalue weighted by Gasteiger charge is 2.23. The maximum absolute atomic E-state index is 12.8. The molecule has 3 aromatic carbocycles. The van der Waals surface area contributed by atoms with Crippen LogP contribution in [0, 0.1) is 0 Å². The molecule has 0 radical (unpaired) electrons. The van der Waals surface area contributed by atoms with E-state index in [1.807, 2.05) is 83.8 Å². The molecule has 4 rings (SSSR count). The molecular formula is C27H30N4O3. The van der Waals surface area contributed by atoms with Crippen LogP contribution in [0.25, 0.3) is 0 Å². The fourth-order valence-corrected chi connectivity index (χ4v) is 4.04. The molecule has 34 heavy (non-hydrogen) atoms. The molecule has 1 saturated heterocycles. The Bertz CT molecular complexity index is 1110. The first-order chi connectivity index (χ1) is 16.5. The first-order valence-corrected chi connectivity index (χ1v) is 11.4. The topological polar surface area (TPSA) is 65.1 Å². The lowest BCUT2D eigenvalue weighted by Crippen LogP contribution is -2.50. The van der Waals surface area contributed by atoms with E-state index in [0.717, 1.165) is 35.8 Å². The number of hydrogen-bond acceptors (Lipinski definition) is 4. The molecule has 176 valence electrons. The number of carbonyl (C=O) groups is 2. The molecule has 7 heteroatoms. The Kier molecular flexibility index (Phi) is 7.32. The van der Waals surface area contributed by atoms with Gasteiger partial charge in [-0.05, 0) is 42.0 Å². The van der Waals surface area contributed by atoms with Crippen LogP contribution in [0.3, 0.4) is 0 Å². The fraction of sp³-hybridized carbons (Fsp3) is 0.259. The molecule has 0 atom stereocenters. The monoisotopic (exact) mass is 458 g/mol. The number of rotatable bonds is 6. The lowest BCUT2D eigenvalue weighted by molar-refractivity contribution is -0.117. The van der Waals surface area contributed by atoms with Crippen molar-refractivity contribution >= 4 is 29.0 Å². The van der Waals surface area contributed by atoms with Gasteiger partial charge < -0.3 is 24.8 Å². The predicted molar refractivity (Wildman–Crippen MR) is 136 cm³/mol. The highest BCUT2D eigenvalue weighted by atomic mass is 16.5. The van der Waals surface area contributed by atoms with Crippen LogP contribution >= 0.6 is 0 Å². The number of amides is 3. The van der Waals surface area contributed by atoms with Crippen molar-refractivity contribution in [2.24, 2.45) is 0 Å². The standard InChI is InChI=1S/C27H30N4O3/c1-29(23-8-4-3-5-9-23)26(32)20-21-12-14-22(15-13-21)28-27(33)31-18-16-30(17-19-31)24-10-6-7-11-25(24)34-2/h3-15H,16-20H2,1-2H3,(H,28,33). The van der Waals surface area contributed by atoms with E-state index >= 15 is 0 Å². The van der Waals surface area contributed by atoms with Gasteiger partial charge in [-0.3, -0.25) is 4.79 Å². The lowest BCUT2D eigenvalue weighted by Gasteiger charge is -2.36. The molecule has 0 aromatic heterocycles. The number of likely N-dealkylation sites (N-methyl/N-ethyl adjacent to an activating group) is 1. The second kappa shape index (κ2) is 10.7. The molecule has 0 unspecified atom stereocenters. The van der Waals surface area contributed by atoms with E-state index in [4.69, 9.17) is 4.74 Å². The number of hydrogen-bond donors (Lipinski definition) is 1. The summed E-state index contributed by atoms with van der Waals surface area (Å²) in [5.41, 5.74) is 3.52. The Hall–Kier alpha value is -4.00. The minimum absolute atomic E-state index is 0.0101. The Balaban J connectivity index is 1.28. The van der Waals surface area contributed by atoms with Crippen LogP contribution in [0.2, 0.25) is 0 Å². The third kappa shape index (κ3) is 5.49. The molecule has 0 bridgehead atoms. The first kappa shape index (κ1) is 23.2. The summed E-state index contributed by atoms with van der Waals surface area (Å²) in [5.74, 6) is 0.852. The van der Waals surface area contributed by atoms with Gasteiger partial charge in [0.15, 0.2) is 0 Å². The van der Waals surface area contributed by atoms with Crippen molar-refractivity contribution in [3.8, 4) is 5.75 Å². The number of nitrogens with zero attached hydrogens (tertiary/aromatic N) is 3. The van der Waals surface area contributed by atoms with Crippen LogP contribution in [-0.4, -0.2) is 57.2 Å². The van der Waals surface area contributed by atoms with Crippen molar-refractivity contribution in [1.82, 2.24) is 4.90 Å². The van der Waals surface area contributed by atoms with Gasteiger partial charge in [0.05, 0.1) is 19.2 Å². The van der Waals surface area contributed by atoms with Crippen molar-refractivity contribution in [3.63, 3.8) is 0 Å². The summed E-state index contributed by atoms with van der Waals surface area (Å²) in [7, 11) is 3.45. The van der Waals surface area contributed by atoms with Crippen LogP contribution in [0.1, 0.15) is 5.56 Å². The molecule has 3 amide bonds. The number of para-hydroxylation sites is 3. The van der Waals surface area contributed by atoms with E-state index in [1.165, 1.54) is 0 Å². The number of urea groups is 1. The second-order valence-corrected chi connectivity index (χ2v) is 8.24. The number of nitrogens with one attached hydrogen (secondary N) is 1. The predicted octanol–water partition coefficient (Wildman–Crippen LogP) is 4.25. The number of benzene rings is 3. The molecule has 7 nitrogen and oxygen atoms in total. The first-order valence-electron chi connectivity index (χ1n) is 11.4. The van der Waals surface area contributed by atoms with Gasteiger partial charge in [-0.25, -0.2) is 4.79 Å². The SMILES string of the molecule is COc1ccccc1N1CCN(C(=O)Nc2ccc(CC(=O)N(C)c3ccccc3)cc2)CC1. The van der Waals surface area contributed by atoms with E-state index in [-0.39, 0.29) is 11.9 Å². The molecule has 0 spiro atoms. The molecular weight excluding hydrogens is 428 g/mol. The smallest absolute Gasteiger partial charge is 0.321 e. The number of carbonyl (C=O) groups excluding carboxylic acids is 2. The average Bonchev–Trinajstić information content (AvgIpc) is 2.90. The van der Waals surface area contributed by atoms with Crippen molar-refractivity contribution in [1.29, 1.82) is 0 Å². The number of ether oxygens (including phenoxy) is 1. The van der Waals surface area contributed by atoms with E-state index in [0.29, 0.717) is 25.2 Å². The number of methoxy groups -OCH3 is 1. The third-order valence-electron chi connectivity index (χ3n) is 6.07. The Morgan fingerprint density at radius 3 is 2.21 bits per heavy atom. The minimum atomic E-state index is -0.118. The zero-order valence-electron chi connectivity index (χ0n) is 19.6. The number of anilines is 3. The van der Waals surface area contributed by atoms with Gasteiger partial charge in [0, 0.05) is 44.6 Å². The van der Waals surface area contributed by atoms with Crippen molar-refractivity contribution < 1.29 is 14.3 Å². The normalized spacial score (nSPS) is 13.4. The van der Waals surface area contributed by atoms with Gasteiger partial charge in [-0.2, -0.15) is 0 Å². The van der Waals surface area contributed by atoms with E-state index < -0.39 is 0 Å². The van der Waals surface area contributed by atoms with Gasteiger partial charge in [-0.1, -0.05) is 42.5 Å². The summed E-state index contributed by atoms with van der Waals surface area (Å²) in [6, 6.07) is 24.8. The zero-order valence-corrected chi connectivity index (χ0v) is 19.6. The van der Waals surface area contributed by atoms with Gasteiger partial charge in [0.25, 0.3) is 0 Å². The van der Waals surface area contributed by atoms with Crippen LogP contribution in [0.5, 0.6) is 5.75 Å². The summed E-state index contributed by atoms with van der Waals surface area (Å²) in [5, 5.41) is 2.97. The molecule has 0 aliphatic carbocycles. The quantitative estimate of drug-likeness (QED) is 0.600. The van der Waals surface area contributed by atoms with Gasteiger partial charge in [0.1, 0.15) is 5.75 Å². The highest BCUT2D eigenvalue weighted by Crippen LogP contribution is 2.28. The van der Waals surface area contributed by atoms with Crippen LogP contribution in [0.4, 0.5) is 21.9 Å². The molecule has 1 heterocycles. The average molecular weight is 459 g/mol. The Morgan fingerprint density at radius 1 is 0.882 bits per heavy atom. The van der Waals surface area contributed by atoms with E-state index in [9.17, 15) is 9.59 Å². The largest absolute Gasteiger partial charge is 0.495 e.